The lowest BCUT2D eigenvalue weighted by molar-refractivity contribution is 0.00691. The number of primary amides is 1. The van der Waals surface area contributed by atoms with Gasteiger partial charge in [0.1, 0.15) is 17.3 Å². The first-order valence-corrected chi connectivity index (χ1v) is 11.3. The number of halogens is 1. The number of ether oxygens (including phenoxy) is 1. The molecule has 0 aliphatic carbocycles. The predicted octanol–water partition coefficient (Wildman–Crippen LogP) is 3.08. The van der Waals surface area contributed by atoms with Crippen LogP contribution in [0.25, 0.3) is 11.3 Å². The van der Waals surface area contributed by atoms with E-state index in [0.717, 1.165) is 23.9 Å². The van der Waals surface area contributed by atoms with E-state index < -0.39 is 23.7 Å². The second-order valence-corrected chi connectivity index (χ2v) is 8.63. The quantitative estimate of drug-likeness (QED) is 0.518. The standard InChI is InChI=1S/C25H26FN7O3/c1-36-24(35)30-23-19(22(28)34)15-33(31-23)25(9-11-27)10-12-32(16-21(25)26)14-17-7-8-20(29-13-17)18-5-3-2-4-6-18/h2-8,13,15,21H,9-10,12,14,16H2,1H3,(H2,28,34)(H,30,31,35). The molecule has 1 aliphatic rings. The van der Waals surface area contributed by atoms with E-state index in [1.165, 1.54) is 10.9 Å². The van der Waals surface area contributed by atoms with Crippen molar-refractivity contribution in [1.29, 1.82) is 5.26 Å². The first-order chi connectivity index (χ1) is 17.4. The Balaban J connectivity index is 1.51. The molecular weight excluding hydrogens is 465 g/mol. The lowest BCUT2D eigenvalue weighted by Gasteiger charge is -2.43. The summed E-state index contributed by atoms with van der Waals surface area (Å²) < 4.78 is 21.6. The molecule has 36 heavy (non-hydrogen) atoms. The molecule has 0 saturated carbocycles. The Morgan fingerprint density at radius 2 is 2.08 bits per heavy atom. The van der Waals surface area contributed by atoms with Gasteiger partial charge >= 0.3 is 6.09 Å². The molecule has 10 nitrogen and oxygen atoms in total. The minimum absolute atomic E-state index is 0.0493. The highest BCUT2D eigenvalue weighted by atomic mass is 19.1. The average molecular weight is 492 g/mol. The minimum atomic E-state index is -1.48. The zero-order chi connectivity index (χ0) is 25.7. The molecule has 2 amide bonds. The Hall–Kier alpha value is -4.30. The summed E-state index contributed by atoms with van der Waals surface area (Å²) in [6.07, 6.45) is 0.815. The first-order valence-electron chi connectivity index (χ1n) is 11.3. The molecule has 1 aliphatic heterocycles. The summed E-state index contributed by atoms with van der Waals surface area (Å²) in [4.78, 5) is 30.0. The van der Waals surface area contributed by atoms with Gasteiger partial charge in [-0.05, 0) is 18.1 Å². The van der Waals surface area contributed by atoms with Gasteiger partial charge in [0, 0.05) is 37.6 Å². The van der Waals surface area contributed by atoms with Crippen LogP contribution in [0.15, 0.2) is 54.9 Å². The number of anilines is 1. The number of carbonyl (C=O) groups excluding carboxylic acids is 2. The molecule has 0 bridgehead atoms. The monoisotopic (exact) mass is 491 g/mol. The van der Waals surface area contributed by atoms with Crippen LogP contribution < -0.4 is 11.1 Å². The lowest BCUT2D eigenvalue weighted by atomic mass is 9.83. The van der Waals surface area contributed by atoms with Gasteiger partial charge in [0.2, 0.25) is 0 Å². The average Bonchev–Trinajstić information content (AvgIpc) is 3.31. The van der Waals surface area contributed by atoms with Crippen LogP contribution in [0.2, 0.25) is 0 Å². The SMILES string of the molecule is COC(=O)Nc1nn(C2(CC#N)CCN(Cc3ccc(-c4ccccc4)nc3)CC2F)cc1C(N)=O. The van der Waals surface area contributed by atoms with Crippen LogP contribution in [0, 0.1) is 11.3 Å². The Morgan fingerprint density at radius 1 is 1.31 bits per heavy atom. The van der Waals surface area contributed by atoms with E-state index in [2.05, 4.69) is 20.1 Å². The molecule has 3 heterocycles. The number of alkyl halides is 1. The molecule has 0 radical (unpaired) electrons. The summed E-state index contributed by atoms with van der Waals surface area (Å²) in [7, 11) is 1.16. The number of aromatic nitrogens is 3. The maximum absolute atomic E-state index is 15.8. The van der Waals surface area contributed by atoms with Crippen molar-refractivity contribution < 1.29 is 18.7 Å². The summed E-state index contributed by atoms with van der Waals surface area (Å²) in [5, 5.41) is 16.0. The molecule has 186 valence electrons. The van der Waals surface area contributed by atoms with Crippen LogP contribution in [0.4, 0.5) is 15.0 Å². The smallest absolute Gasteiger partial charge is 0.412 e. The number of nitrogens with one attached hydrogen (secondary N) is 1. The molecule has 2 atom stereocenters. The molecule has 2 aromatic heterocycles. The fourth-order valence-electron chi connectivity index (χ4n) is 4.39. The number of rotatable bonds is 7. The zero-order valence-electron chi connectivity index (χ0n) is 19.7. The Bertz CT molecular complexity index is 1270. The second-order valence-electron chi connectivity index (χ2n) is 8.63. The van der Waals surface area contributed by atoms with E-state index in [4.69, 9.17) is 5.73 Å². The number of pyridine rings is 1. The molecule has 3 N–H and O–H groups in total. The van der Waals surface area contributed by atoms with Crippen LogP contribution in [0.3, 0.4) is 0 Å². The van der Waals surface area contributed by atoms with Crippen molar-refractivity contribution >= 4 is 17.8 Å². The van der Waals surface area contributed by atoms with Gasteiger partial charge in [0.15, 0.2) is 5.82 Å². The van der Waals surface area contributed by atoms with Gasteiger partial charge in [-0.25, -0.2) is 9.18 Å². The molecule has 11 heteroatoms. The molecule has 1 saturated heterocycles. The Morgan fingerprint density at radius 3 is 2.69 bits per heavy atom. The third kappa shape index (κ3) is 5.04. The van der Waals surface area contributed by atoms with E-state index in [9.17, 15) is 14.9 Å². The second kappa shape index (κ2) is 10.5. The predicted molar refractivity (Wildman–Crippen MR) is 129 cm³/mol. The van der Waals surface area contributed by atoms with Crippen molar-refractivity contribution in [2.75, 3.05) is 25.5 Å². The zero-order valence-corrected chi connectivity index (χ0v) is 19.7. The van der Waals surface area contributed by atoms with Crippen LogP contribution in [0.5, 0.6) is 0 Å². The van der Waals surface area contributed by atoms with Gasteiger partial charge in [-0.15, -0.1) is 0 Å². The summed E-state index contributed by atoms with van der Waals surface area (Å²) >= 11 is 0. The molecule has 3 aromatic rings. The molecule has 1 fully saturated rings. The number of carbonyl (C=O) groups is 2. The van der Waals surface area contributed by atoms with Crippen molar-refractivity contribution in [1.82, 2.24) is 19.7 Å². The highest BCUT2D eigenvalue weighted by Gasteiger charge is 2.46. The number of nitrogens with zero attached hydrogens (tertiary/aromatic N) is 5. The maximum atomic E-state index is 15.8. The summed E-state index contributed by atoms with van der Waals surface area (Å²) in [5.41, 5.74) is 6.82. The molecule has 4 rings (SSSR count). The third-order valence-corrected chi connectivity index (χ3v) is 6.39. The number of amides is 2. The number of hydrogen-bond donors (Lipinski definition) is 2. The van der Waals surface area contributed by atoms with Crippen LogP contribution in [0.1, 0.15) is 28.8 Å². The summed E-state index contributed by atoms with van der Waals surface area (Å²) in [6, 6.07) is 15.8. The largest absolute Gasteiger partial charge is 0.453 e. The van der Waals surface area contributed by atoms with E-state index in [1.807, 2.05) is 53.4 Å². The van der Waals surface area contributed by atoms with Crippen molar-refractivity contribution in [2.24, 2.45) is 5.73 Å². The van der Waals surface area contributed by atoms with E-state index in [1.54, 1.807) is 6.20 Å². The van der Waals surface area contributed by atoms with Gasteiger partial charge in [0.25, 0.3) is 5.91 Å². The van der Waals surface area contributed by atoms with Gasteiger partial charge in [-0.1, -0.05) is 36.4 Å². The molecule has 0 spiro atoms. The third-order valence-electron chi connectivity index (χ3n) is 6.39. The van der Waals surface area contributed by atoms with Gasteiger partial charge in [-0.3, -0.25) is 24.7 Å². The number of nitrogens with two attached hydrogens (primary N) is 1. The van der Waals surface area contributed by atoms with Crippen LogP contribution in [-0.4, -0.2) is 58.0 Å². The van der Waals surface area contributed by atoms with Crippen LogP contribution >= 0.6 is 0 Å². The molecule has 2 unspecified atom stereocenters. The van der Waals surface area contributed by atoms with Gasteiger partial charge < -0.3 is 10.5 Å². The lowest BCUT2D eigenvalue weighted by Crippen LogP contribution is -2.54. The van der Waals surface area contributed by atoms with Crippen molar-refractivity contribution in [2.45, 2.75) is 31.1 Å². The number of methoxy groups -OCH3 is 1. The number of benzene rings is 1. The number of hydrogen-bond acceptors (Lipinski definition) is 7. The van der Waals surface area contributed by atoms with Gasteiger partial charge in [0.05, 0.1) is 25.3 Å². The van der Waals surface area contributed by atoms with Gasteiger partial charge in [-0.2, -0.15) is 10.4 Å². The van der Waals surface area contributed by atoms with E-state index in [-0.39, 0.29) is 30.8 Å². The Kier molecular flexibility index (Phi) is 7.26. The fourth-order valence-corrected chi connectivity index (χ4v) is 4.39. The molecule has 1 aromatic carbocycles. The van der Waals surface area contributed by atoms with Crippen molar-refractivity contribution in [3.63, 3.8) is 0 Å². The fraction of sp³-hybridized carbons (Fsp3) is 0.320. The first kappa shape index (κ1) is 24.8. The minimum Gasteiger partial charge on any atom is -0.453 e. The maximum Gasteiger partial charge on any atom is 0.412 e. The molecular formula is C25H26FN7O3. The van der Waals surface area contributed by atoms with Crippen molar-refractivity contribution in [3.8, 4) is 17.3 Å². The summed E-state index contributed by atoms with van der Waals surface area (Å²) in [5.74, 6) is -0.995. The summed E-state index contributed by atoms with van der Waals surface area (Å²) in [6.45, 7) is 1.02. The number of likely N-dealkylation sites (tertiary alicyclic amines) is 1. The van der Waals surface area contributed by atoms with E-state index in [0.29, 0.717) is 13.1 Å². The topological polar surface area (TPSA) is 139 Å². The van der Waals surface area contributed by atoms with E-state index >= 15 is 4.39 Å². The van der Waals surface area contributed by atoms with Crippen LogP contribution in [-0.2, 0) is 16.8 Å². The normalized spacial score (nSPS) is 19.9. The Labute approximate surface area is 207 Å². The van der Waals surface area contributed by atoms with Crippen molar-refractivity contribution in [3.05, 3.63) is 66.0 Å². The number of piperidine rings is 1. The highest BCUT2D eigenvalue weighted by molar-refractivity contribution is 6.00. The highest BCUT2D eigenvalue weighted by Crippen LogP contribution is 2.37. The number of nitriles is 1.